The lowest BCUT2D eigenvalue weighted by Crippen LogP contribution is -2.13. The number of carbonyl (C=O) groups is 1. The third-order valence-electron chi connectivity index (χ3n) is 2.92. The number of benzene rings is 1. The number of nitro groups is 1. The van der Waals surface area contributed by atoms with Crippen LogP contribution in [0, 0.1) is 17.0 Å². The van der Waals surface area contributed by atoms with Gasteiger partial charge in [0.1, 0.15) is 6.20 Å². The molecule has 0 unspecified atom stereocenters. The molecule has 1 aromatic carbocycles. The summed E-state index contributed by atoms with van der Waals surface area (Å²) >= 11 is 1.86. The van der Waals surface area contributed by atoms with Crippen molar-refractivity contribution in [2.24, 2.45) is 0 Å². The van der Waals surface area contributed by atoms with E-state index < -0.39 is 4.92 Å². The lowest BCUT2D eigenvalue weighted by Gasteiger charge is -1.98. The topological polar surface area (TPSA) is 124 Å². The van der Waals surface area contributed by atoms with Crippen molar-refractivity contribution in [3.05, 3.63) is 46.1 Å². The Morgan fingerprint density at radius 2 is 2.28 bits per heavy atom. The molecule has 128 valence electrons. The monoisotopic (exact) mass is 377 g/mol. The molecule has 3 aromatic rings. The standard InChI is InChI=1S/C14H11N5O4S2/c1-8-3-2-4-9(5-8)12-17-18-14(23-12)24-7-10(20)16-13-15-6-11(25-13)19(21)22/h2-6H,7H2,1H3,(H,15,16,20). The highest BCUT2D eigenvalue weighted by Crippen LogP contribution is 2.26. The van der Waals surface area contributed by atoms with Crippen LogP contribution in [0.3, 0.4) is 0 Å². The highest BCUT2D eigenvalue weighted by Gasteiger charge is 2.15. The van der Waals surface area contributed by atoms with Gasteiger partial charge in [-0.15, -0.1) is 10.2 Å². The zero-order valence-corrected chi connectivity index (χ0v) is 14.5. The number of aryl methyl sites for hydroxylation is 1. The largest absolute Gasteiger partial charge is 0.411 e. The first kappa shape index (κ1) is 17.0. The van der Waals surface area contributed by atoms with Gasteiger partial charge in [-0.25, -0.2) is 4.98 Å². The SMILES string of the molecule is Cc1cccc(-c2nnc(SCC(=O)Nc3ncc([N+](=O)[O-])s3)o2)c1. The molecular formula is C14H11N5O4S2. The number of amides is 1. The van der Waals surface area contributed by atoms with Gasteiger partial charge < -0.3 is 9.73 Å². The molecule has 2 aromatic heterocycles. The molecule has 0 aliphatic rings. The van der Waals surface area contributed by atoms with Crippen LogP contribution < -0.4 is 5.32 Å². The average molecular weight is 377 g/mol. The van der Waals surface area contributed by atoms with Gasteiger partial charge in [-0.2, -0.15) is 0 Å². The Labute approximate surface area is 149 Å². The summed E-state index contributed by atoms with van der Waals surface area (Å²) in [6.45, 7) is 1.96. The zero-order valence-electron chi connectivity index (χ0n) is 12.8. The van der Waals surface area contributed by atoms with Gasteiger partial charge in [0.15, 0.2) is 5.13 Å². The second-order valence-corrected chi connectivity index (χ2v) is 6.78. The number of thiazole rings is 1. The van der Waals surface area contributed by atoms with Gasteiger partial charge in [-0.05, 0) is 30.4 Å². The molecule has 0 spiro atoms. The van der Waals surface area contributed by atoms with Crippen molar-refractivity contribution in [3.63, 3.8) is 0 Å². The molecule has 1 amide bonds. The van der Waals surface area contributed by atoms with Gasteiger partial charge >= 0.3 is 5.00 Å². The quantitative estimate of drug-likeness (QED) is 0.395. The Morgan fingerprint density at radius 1 is 1.44 bits per heavy atom. The number of nitrogens with zero attached hydrogens (tertiary/aromatic N) is 4. The van der Waals surface area contributed by atoms with Gasteiger partial charge in [0.05, 0.1) is 10.7 Å². The Kier molecular flexibility index (Phi) is 5.05. The normalized spacial score (nSPS) is 10.6. The number of hydrogen-bond donors (Lipinski definition) is 1. The van der Waals surface area contributed by atoms with Crippen LogP contribution in [0.15, 0.2) is 40.1 Å². The van der Waals surface area contributed by atoms with Gasteiger partial charge in [0.25, 0.3) is 5.22 Å². The zero-order chi connectivity index (χ0) is 17.8. The molecular weight excluding hydrogens is 366 g/mol. The minimum absolute atomic E-state index is 0.0167. The predicted molar refractivity (Wildman–Crippen MR) is 92.6 cm³/mol. The Bertz CT molecular complexity index is 923. The molecule has 3 rings (SSSR count). The highest BCUT2D eigenvalue weighted by molar-refractivity contribution is 7.99. The van der Waals surface area contributed by atoms with Crippen LogP contribution in [0.1, 0.15) is 5.56 Å². The van der Waals surface area contributed by atoms with Crippen molar-refractivity contribution in [1.82, 2.24) is 15.2 Å². The fourth-order valence-corrected chi connectivity index (χ4v) is 3.06. The number of carbonyl (C=O) groups excluding carboxylic acids is 1. The van der Waals surface area contributed by atoms with Crippen LogP contribution in [0.2, 0.25) is 0 Å². The molecule has 0 fully saturated rings. The van der Waals surface area contributed by atoms with E-state index in [0.717, 1.165) is 40.4 Å². The summed E-state index contributed by atoms with van der Waals surface area (Å²) in [6, 6.07) is 7.63. The van der Waals surface area contributed by atoms with Crippen LogP contribution in [0.25, 0.3) is 11.5 Å². The molecule has 9 nitrogen and oxygen atoms in total. The molecule has 1 N–H and O–H groups in total. The van der Waals surface area contributed by atoms with Crippen molar-refractivity contribution < 1.29 is 14.1 Å². The summed E-state index contributed by atoms with van der Waals surface area (Å²) in [5.41, 5.74) is 1.88. The van der Waals surface area contributed by atoms with E-state index in [0.29, 0.717) is 5.89 Å². The van der Waals surface area contributed by atoms with Gasteiger partial charge in [-0.3, -0.25) is 14.9 Å². The molecule has 2 heterocycles. The number of rotatable bonds is 6. The van der Waals surface area contributed by atoms with E-state index in [9.17, 15) is 14.9 Å². The fraction of sp³-hybridized carbons (Fsp3) is 0.143. The van der Waals surface area contributed by atoms with E-state index in [1.165, 1.54) is 0 Å². The Morgan fingerprint density at radius 3 is 3.00 bits per heavy atom. The molecule has 0 aliphatic carbocycles. The maximum Gasteiger partial charge on any atom is 0.345 e. The van der Waals surface area contributed by atoms with Crippen LogP contribution in [0.5, 0.6) is 0 Å². The first-order valence-electron chi connectivity index (χ1n) is 6.94. The fourth-order valence-electron chi connectivity index (χ4n) is 1.85. The summed E-state index contributed by atoms with van der Waals surface area (Å²) in [7, 11) is 0. The summed E-state index contributed by atoms with van der Waals surface area (Å²) in [5, 5.41) is 21.2. The smallest absolute Gasteiger partial charge is 0.345 e. The predicted octanol–water partition coefficient (Wildman–Crippen LogP) is 3.14. The minimum atomic E-state index is -0.562. The highest BCUT2D eigenvalue weighted by atomic mass is 32.2. The summed E-state index contributed by atoms with van der Waals surface area (Å²) in [6.07, 6.45) is 1.10. The Balaban J connectivity index is 1.56. The van der Waals surface area contributed by atoms with Crippen LogP contribution in [0.4, 0.5) is 10.1 Å². The molecule has 0 saturated heterocycles. The summed E-state index contributed by atoms with van der Waals surface area (Å²) in [4.78, 5) is 25.7. The van der Waals surface area contributed by atoms with Gasteiger partial charge in [0.2, 0.25) is 11.8 Å². The van der Waals surface area contributed by atoms with Crippen LogP contribution in [-0.4, -0.2) is 31.8 Å². The van der Waals surface area contributed by atoms with Gasteiger partial charge in [-0.1, -0.05) is 29.5 Å². The molecule has 0 saturated carbocycles. The molecule has 0 aliphatic heterocycles. The molecule has 25 heavy (non-hydrogen) atoms. The molecule has 0 atom stereocenters. The Hall–Kier alpha value is -2.79. The van der Waals surface area contributed by atoms with Crippen LogP contribution >= 0.6 is 23.1 Å². The second-order valence-electron chi connectivity index (χ2n) is 4.84. The maximum absolute atomic E-state index is 11.9. The number of anilines is 1. The number of hydrogen-bond acceptors (Lipinski definition) is 9. The number of nitrogens with one attached hydrogen (secondary N) is 1. The summed E-state index contributed by atoms with van der Waals surface area (Å²) < 4.78 is 5.52. The first-order valence-corrected chi connectivity index (χ1v) is 8.75. The maximum atomic E-state index is 11.9. The van der Waals surface area contributed by atoms with E-state index >= 15 is 0 Å². The van der Waals surface area contributed by atoms with E-state index in [1.54, 1.807) is 0 Å². The average Bonchev–Trinajstić information content (AvgIpc) is 3.22. The summed E-state index contributed by atoms with van der Waals surface area (Å²) in [5.74, 6) is 0.0229. The van der Waals surface area contributed by atoms with Crippen molar-refractivity contribution in [2.45, 2.75) is 12.1 Å². The third-order valence-corrected chi connectivity index (χ3v) is 4.60. The van der Waals surface area contributed by atoms with Crippen molar-refractivity contribution >= 4 is 39.1 Å². The molecule has 0 bridgehead atoms. The third kappa shape index (κ3) is 4.39. The van der Waals surface area contributed by atoms with Gasteiger partial charge in [0, 0.05) is 5.56 Å². The lowest BCUT2D eigenvalue weighted by atomic mass is 10.1. The van der Waals surface area contributed by atoms with Crippen molar-refractivity contribution in [1.29, 1.82) is 0 Å². The second kappa shape index (κ2) is 7.40. The first-order chi connectivity index (χ1) is 12.0. The lowest BCUT2D eigenvalue weighted by molar-refractivity contribution is -0.380. The molecule has 0 radical (unpaired) electrons. The van der Waals surface area contributed by atoms with E-state index in [1.807, 2.05) is 31.2 Å². The molecule has 11 heteroatoms. The minimum Gasteiger partial charge on any atom is -0.411 e. The van der Waals surface area contributed by atoms with Crippen molar-refractivity contribution in [2.75, 3.05) is 11.1 Å². The van der Waals surface area contributed by atoms with E-state index in [4.69, 9.17) is 4.42 Å². The van der Waals surface area contributed by atoms with E-state index in [2.05, 4.69) is 20.5 Å². The van der Waals surface area contributed by atoms with Crippen LogP contribution in [-0.2, 0) is 4.79 Å². The van der Waals surface area contributed by atoms with E-state index in [-0.39, 0.29) is 27.0 Å². The van der Waals surface area contributed by atoms with Crippen molar-refractivity contribution in [3.8, 4) is 11.5 Å². The number of thioether (sulfide) groups is 1. The number of aromatic nitrogens is 3.